The molecule has 2 aromatic heterocycles. The average Bonchev–Trinajstić information content (AvgIpc) is 3.10. The van der Waals surface area contributed by atoms with Gasteiger partial charge in [0.05, 0.1) is 17.5 Å². The summed E-state index contributed by atoms with van der Waals surface area (Å²) < 4.78 is 2.69. The molecule has 1 aromatic carbocycles. The number of halogens is 1. The summed E-state index contributed by atoms with van der Waals surface area (Å²) in [5.74, 6) is 0.394. The van der Waals surface area contributed by atoms with Crippen molar-refractivity contribution in [1.29, 1.82) is 0 Å². The van der Waals surface area contributed by atoms with Crippen LogP contribution >= 0.6 is 15.9 Å². The molecule has 0 spiro atoms. The zero-order valence-corrected chi connectivity index (χ0v) is 15.4. The third-order valence-corrected chi connectivity index (χ3v) is 4.67. The van der Waals surface area contributed by atoms with E-state index in [1.165, 1.54) is 6.33 Å². The second kappa shape index (κ2) is 6.72. The average molecular weight is 411 g/mol. The van der Waals surface area contributed by atoms with Gasteiger partial charge in [0.2, 0.25) is 5.95 Å². The van der Waals surface area contributed by atoms with Gasteiger partial charge in [-0.25, -0.2) is 4.68 Å². The molecule has 8 heteroatoms. The van der Waals surface area contributed by atoms with E-state index < -0.39 is 0 Å². The second-order valence-electron chi connectivity index (χ2n) is 5.84. The van der Waals surface area contributed by atoms with Gasteiger partial charge in [0, 0.05) is 16.4 Å². The summed E-state index contributed by atoms with van der Waals surface area (Å²) in [6.07, 6.45) is 4.75. The smallest absolute Gasteiger partial charge is 0.255 e. The van der Waals surface area contributed by atoms with Crippen LogP contribution in [0.25, 0.3) is 0 Å². The minimum absolute atomic E-state index is 0.211. The van der Waals surface area contributed by atoms with E-state index in [0.717, 1.165) is 15.7 Å². The Morgan fingerprint density at radius 2 is 2.08 bits per heavy atom. The maximum Gasteiger partial charge on any atom is 0.255 e. The van der Waals surface area contributed by atoms with Crippen molar-refractivity contribution in [3.63, 3.8) is 0 Å². The fourth-order valence-electron chi connectivity index (χ4n) is 2.97. The lowest BCUT2D eigenvalue weighted by Gasteiger charge is -2.28. The number of pyridine rings is 1. The SMILES string of the molecule is CC1=C(C(=O)Nc2cccnc2)C(c2ccc(Br)cc2)n2ncnc2N1. The first-order valence-corrected chi connectivity index (χ1v) is 8.77. The summed E-state index contributed by atoms with van der Waals surface area (Å²) in [5.41, 5.74) is 2.89. The number of hydrogen-bond acceptors (Lipinski definition) is 5. The number of nitrogens with one attached hydrogen (secondary N) is 2. The molecule has 0 fully saturated rings. The number of allylic oxidation sites excluding steroid dienone is 1. The number of fused-ring (bicyclic) bond motifs is 1. The highest BCUT2D eigenvalue weighted by Gasteiger charge is 2.33. The third-order valence-electron chi connectivity index (χ3n) is 4.14. The highest BCUT2D eigenvalue weighted by molar-refractivity contribution is 9.10. The predicted molar refractivity (Wildman–Crippen MR) is 101 cm³/mol. The molecule has 1 atom stereocenters. The lowest BCUT2D eigenvalue weighted by atomic mass is 9.95. The standard InChI is InChI=1S/C18H15BrN6O/c1-11-15(17(26)24-14-3-2-8-20-9-14)16(12-4-6-13(19)7-5-12)25-18(23-11)21-10-22-25/h2-10,16H,1H3,(H,24,26)(H,21,22,23). The topological polar surface area (TPSA) is 84.7 Å². The van der Waals surface area contributed by atoms with Gasteiger partial charge in [-0.05, 0) is 36.8 Å². The molecular formula is C18H15BrN6O. The first-order valence-electron chi connectivity index (χ1n) is 7.97. The summed E-state index contributed by atoms with van der Waals surface area (Å²) in [7, 11) is 0. The number of nitrogens with zero attached hydrogens (tertiary/aromatic N) is 4. The van der Waals surface area contributed by atoms with Crippen molar-refractivity contribution in [2.75, 3.05) is 10.6 Å². The van der Waals surface area contributed by atoms with Crippen LogP contribution < -0.4 is 10.6 Å². The second-order valence-corrected chi connectivity index (χ2v) is 6.76. The Morgan fingerprint density at radius 1 is 1.27 bits per heavy atom. The summed E-state index contributed by atoms with van der Waals surface area (Å²) in [6, 6.07) is 11.0. The number of amides is 1. The maximum absolute atomic E-state index is 13.1. The van der Waals surface area contributed by atoms with Gasteiger partial charge in [-0.3, -0.25) is 9.78 Å². The van der Waals surface area contributed by atoms with Crippen molar-refractivity contribution < 1.29 is 4.79 Å². The molecule has 7 nitrogen and oxygen atoms in total. The van der Waals surface area contributed by atoms with E-state index in [1.54, 1.807) is 29.2 Å². The first kappa shape index (κ1) is 16.5. The van der Waals surface area contributed by atoms with Gasteiger partial charge < -0.3 is 10.6 Å². The van der Waals surface area contributed by atoms with Crippen molar-refractivity contribution in [1.82, 2.24) is 19.7 Å². The molecule has 3 aromatic rings. The molecule has 0 aliphatic carbocycles. The van der Waals surface area contributed by atoms with E-state index in [1.807, 2.05) is 31.2 Å². The maximum atomic E-state index is 13.1. The number of carbonyl (C=O) groups is 1. The summed E-state index contributed by atoms with van der Waals surface area (Å²) >= 11 is 3.45. The largest absolute Gasteiger partial charge is 0.328 e. The molecule has 4 rings (SSSR count). The van der Waals surface area contributed by atoms with Crippen LogP contribution in [0.1, 0.15) is 18.5 Å². The van der Waals surface area contributed by atoms with Gasteiger partial charge >= 0.3 is 0 Å². The van der Waals surface area contributed by atoms with Crippen molar-refractivity contribution in [2.24, 2.45) is 0 Å². The van der Waals surface area contributed by atoms with Gasteiger partial charge in [0.1, 0.15) is 12.4 Å². The minimum Gasteiger partial charge on any atom is -0.328 e. The number of anilines is 2. The van der Waals surface area contributed by atoms with Crippen LogP contribution in [0, 0.1) is 0 Å². The fraction of sp³-hybridized carbons (Fsp3) is 0.111. The molecule has 0 bridgehead atoms. The van der Waals surface area contributed by atoms with Crippen LogP contribution in [0.4, 0.5) is 11.6 Å². The number of hydrogen-bond donors (Lipinski definition) is 2. The Balaban J connectivity index is 1.77. The molecule has 0 saturated heterocycles. The molecule has 26 heavy (non-hydrogen) atoms. The van der Waals surface area contributed by atoms with Crippen LogP contribution in [-0.4, -0.2) is 25.7 Å². The molecule has 0 radical (unpaired) electrons. The number of benzene rings is 1. The number of aromatic nitrogens is 4. The van der Waals surface area contributed by atoms with Crippen LogP contribution in [0.15, 0.2) is 70.9 Å². The molecule has 130 valence electrons. The molecule has 1 aliphatic heterocycles. The van der Waals surface area contributed by atoms with E-state index in [9.17, 15) is 4.79 Å². The Hall–Kier alpha value is -3.00. The first-order chi connectivity index (χ1) is 12.6. The van der Waals surface area contributed by atoms with E-state index in [0.29, 0.717) is 17.2 Å². The van der Waals surface area contributed by atoms with Crippen LogP contribution in [0.3, 0.4) is 0 Å². The molecule has 1 amide bonds. The molecule has 2 N–H and O–H groups in total. The lowest BCUT2D eigenvalue weighted by molar-refractivity contribution is -0.113. The monoisotopic (exact) mass is 410 g/mol. The molecule has 3 heterocycles. The van der Waals surface area contributed by atoms with Gasteiger partial charge in [-0.15, -0.1) is 0 Å². The highest BCUT2D eigenvalue weighted by Crippen LogP contribution is 2.35. The Labute approximate surface area is 158 Å². The van der Waals surface area contributed by atoms with E-state index in [4.69, 9.17) is 0 Å². The van der Waals surface area contributed by atoms with Crippen molar-refractivity contribution in [2.45, 2.75) is 13.0 Å². The predicted octanol–water partition coefficient (Wildman–Crippen LogP) is 3.36. The summed E-state index contributed by atoms with van der Waals surface area (Å²) in [4.78, 5) is 21.3. The van der Waals surface area contributed by atoms with Crippen molar-refractivity contribution >= 4 is 33.5 Å². The summed E-state index contributed by atoms with van der Waals surface area (Å²) in [5, 5.41) is 10.4. The van der Waals surface area contributed by atoms with Crippen molar-refractivity contribution in [3.8, 4) is 0 Å². The zero-order valence-electron chi connectivity index (χ0n) is 13.8. The van der Waals surface area contributed by atoms with E-state index in [2.05, 4.69) is 41.6 Å². The molecule has 1 unspecified atom stereocenters. The quantitative estimate of drug-likeness (QED) is 0.691. The Kier molecular flexibility index (Phi) is 4.26. The molecule has 0 saturated carbocycles. The third kappa shape index (κ3) is 2.99. The summed E-state index contributed by atoms with van der Waals surface area (Å²) in [6.45, 7) is 1.86. The molecular weight excluding hydrogens is 396 g/mol. The zero-order chi connectivity index (χ0) is 18.1. The number of rotatable bonds is 3. The Morgan fingerprint density at radius 3 is 2.81 bits per heavy atom. The Bertz CT molecular complexity index is 980. The fourth-order valence-corrected chi connectivity index (χ4v) is 3.24. The molecule has 1 aliphatic rings. The van der Waals surface area contributed by atoms with Gasteiger partial charge in [-0.2, -0.15) is 10.1 Å². The van der Waals surface area contributed by atoms with Crippen molar-refractivity contribution in [3.05, 3.63) is 76.4 Å². The van der Waals surface area contributed by atoms with Crippen LogP contribution in [0.2, 0.25) is 0 Å². The van der Waals surface area contributed by atoms with Gasteiger partial charge in [-0.1, -0.05) is 28.1 Å². The highest BCUT2D eigenvalue weighted by atomic mass is 79.9. The van der Waals surface area contributed by atoms with Gasteiger partial charge in [0.15, 0.2) is 0 Å². The van der Waals surface area contributed by atoms with Gasteiger partial charge in [0.25, 0.3) is 5.91 Å². The minimum atomic E-state index is -0.376. The normalized spacial score (nSPS) is 16.0. The van der Waals surface area contributed by atoms with E-state index >= 15 is 0 Å². The van der Waals surface area contributed by atoms with Crippen LogP contribution in [-0.2, 0) is 4.79 Å². The number of carbonyl (C=O) groups excluding carboxylic acids is 1. The van der Waals surface area contributed by atoms with E-state index in [-0.39, 0.29) is 11.9 Å². The van der Waals surface area contributed by atoms with Crippen LogP contribution in [0.5, 0.6) is 0 Å². The lowest BCUT2D eigenvalue weighted by Crippen LogP contribution is -2.31.